The van der Waals surface area contributed by atoms with Crippen LogP contribution in [0.25, 0.3) is 0 Å². The van der Waals surface area contributed by atoms with E-state index in [0.29, 0.717) is 5.82 Å². The van der Waals surface area contributed by atoms with Gasteiger partial charge in [0.2, 0.25) is 0 Å². The highest BCUT2D eigenvalue weighted by Gasteiger charge is 2.03. The summed E-state index contributed by atoms with van der Waals surface area (Å²) in [5, 5.41) is 0. The molecular weight excluding hydrogens is 162 g/mol. The second-order valence-electron chi connectivity index (χ2n) is 3.68. The molecule has 1 aromatic heterocycles. The summed E-state index contributed by atoms with van der Waals surface area (Å²) in [7, 11) is 0. The number of hydrogen-bond donors (Lipinski definition) is 0. The molecule has 0 amide bonds. The SMILES string of the molecule is CC(C)(C)N=C=Nc1ccccn1. The number of nitrogens with zero attached hydrogens (tertiary/aromatic N) is 3. The number of hydrogen-bond acceptors (Lipinski definition) is 3. The van der Waals surface area contributed by atoms with Gasteiger partial charge in [0.25, 0.3) is 0 Å². The first-order chi connectivity index (χ1) is 6.08. The highest BCUT2D eigenvalue weighted by molar-refractivity contribution is 5.49. The van der Waals surface area contributed by atoms with Crippen molar-refractivity contribution in [3.63, 3.8) is 0 Å². The van der Waals surface area contributed by atoms with Crippen LogP contribution < -0.4 is 0 Å². The van der Waals surface area contributed by atoms with Gasteiger partial charge in [-0.25, -0.2) is 9.98 Å². The third kappa shape index (κ3) is 4.19. The Morgan fingerprint density at radius 3 is 2.62 bits per heavy atom. The van der Waals surface area contributed by atoms with Crippen molar-refractivity contribution in [2.24, 2.45) is 9.98 Å². The molecule has 3 nitrogen and oxygen atoms in total. The zero-order valence-corrected chi connectivity index (χ0v) is 8.15. The molecule has 0 saturated carbocycles. The van der Waals surface area contributed by atoms with Crippen LogP contribution in [0, 0.1) is 0 Å². The van der Waals surface area contributed by atoms with E-state index in [1.54, 1.807) is 6.20 Å². The zero-order chi connectivity index (χ0) is 9.73. The van der Waals surface area contributed by atoms with Crippen LogP contribution in [0.3, 0.4) is 0 Å². The Bertz CT molecular complexity index is 316. The van der Waals surface area contributed by atoms with Crippen molar-refractivity contribution in [2.75, 3.05) is 0 Å². The molecule has 1 aromatic rings. The van der Waals surface area contributed by atoms with Crippen LogP contribution in [0.1, 0.15) is 20.8 Å². The predicted octanol–water partition coefficient (Wildman–Crippen LogP) is 2.69. The smallest absolute Gasteiger partial charge is 0.163 e. The Balaban J connectivity index is 2.75. The highest BCUT2D eigenvalue weighted by Crippen LogP contribution is 2.06. The summed E-state index contributed by atoms with van der Waals surface area (Å²) in [6.07, 6.45) is 1.69. The first kappa shape index (κ1) is 9.62. The molecule has 0 aliphatic heterocycles. The van der Waals surface area contributed by atoms with Crippen LogP contribution in [-0.4, -0.2) is 16.5 Å². The molecule has 0 unspecified atom stereocenters. The van der Waals surface area contributed by atoms with Gasteiger partial charge in [0.05, 0.1) is 11.5 Å². The quantitative estimate of drug-likeness (QED) is 0.604. The summed E-state index contributed by atoms with van der Waals surface area (Å²) in [4.78, 5) is 12.1. The fraction of sp³-hybridized carbons (Fsp3) is 0.400. The summed E-state index contributed by atoms with van der Waals surface area (Å²) >= 11 is 0. The number of aliphatic imine (C=N–C) groups is 2. The molecule has 1 heterocycles. The molecule has 0 atom stereocenters. The van der Waals surface area contributed by atoms with Crippen LogP contribution in [0.5, 0.6) is 0 Å². The molecule has 1 rings (SSSR count). The van der Waals surface area contributed by atoms with Crippen molar-refractivity contribution in [1.29, 1.82) is 0 Å². The minimum absolute atomic E-state index is 0.127. The molecule has 0 bridgehead atoms. The molecule has 0 radical (unpaired) electrons. The minimum atomic E-state index is -0.127. The minimum Gasteiger partial charge on any atom is -0.236 e. The lowest BCUT2D eigenvalue weighted by molar-refractivity contribution is 0.587. The van der Waals surface area contributed by atoms with Gasteiger partial charge in [-0.3, -0.25) is 0 Å². The summed E-state index contributed by atoms with van der Waals surface area (Å²) in [5.41, 5.74) is -0.127. The fourth-order valence-electron chi connectivity index (χ4n) is 0.646. The molecule has 68 valence electrons. The normalized spacial score (nSPS) is 10.4. The van der Waals surface area contributed by atoms with Crippen molar-refractivity contribution < 1.29 is 0 Å². The maximum absolute atomic E-state index is 4.10. The summed E-state index contributed by atoms with van der Waals surface area (Å²) in [6, 6.07) is 8.17. The summed E-state index contributed by atoms with van der Waals surface area (Å²) < 4.78 is 0. The van der Waals surface area contributed by atoms with Crippen molar-refractivity contribution in [2.45, 2.75) is 26.3 Å². The van der Waals surface area contributed by atoms with Crippen LogP contribution in [0.15, 0.2) is 34.4 Å². The largest absolute Gasteiger partial charge is 0.236 e. The van der Waals surface area contributed by atoms with Crippen molar-refractivity contribution in [3.8, 4) is 0 Å². The van der Waals surface area contributed by atoms with Gasteiger partial charge in [0, 0.05) is 6.20 Å². The van der Waals surface area contributed by atoms with E-state index in [-0.39, 0.29) is 5.54 Å². The molecule has 0 aliphatic rings. The molecule has 0 aromatic carbocycles. The lowest BCUT2D eigenvalue weighted by Crippen LogP contribution is -2.07. The molecule has 0 saturated heterocycles. The third-order valence-electron chi connectivity index (χ3n) is 1.20. The Morgan fingerprint density at radius 1 is 1.31 bits per heavy atom. The predicted molar refractivity (Wildman–Crippen MR) is 53.5 cm³/mol. The second kappa shape index (κ2) is 3.97. The standard InChI is InChI=1S/C10H13N3/c1-10(2,3)13-8-12-9-6-4-5-7-11-9/h4-7H,1-3H3. The maximum atomic E-state index is 4.10. The lowest BCUT2D eigenvalue weighted by Gasteiger charge is -2.06. The van der Waals surface area contributed by atoms with E-state index in [4.69, 9.17) is 0 Å². The number of aromatic nitrogens is 1. The Labute approximate surface area is 78.3 Å². The van der Waals surface area contributed by atoms with E-state index in [2.05, 4.69) is 21.0 Å². The Morgan fingerprint density at radius 2 is 2.08 bits per heavy atom. The van der Waals surface area contributed by atoms with Crippen LogP contribution in [0.2, 0.25) is 0 Å². The van der Waals surface area contributed by atoms with Gasteiger partial charge in [0.1, 0.15) is 0 Å². The molecule has 0 N–H and O–H groups in total. The topological polar surface area (TPSA) is 37.6 Å². The summed E-state index contributed by atoms with van der Waals surface area (Å²) in [5.74, 6) is 0.635. The maximum Gasteiger partial charge on any atom is 0.163 e. The highest BCUT2D eigenvalue weighted by atomic mass is 14.9. The monoisotopic (exact) mass is 175 g/mol. The van der Waals surface area contributed by atoms with Gasteiger partial charge in [0.15, 0.2) is 5.82 Å². The molecule has 3 heteroatoms. The van der Waals surface area contributed by atoms with Gasteiger partial charge in [-0.05, 0) is 32.9 Å². The van der Waals surface area contributed by atoms with E-state index in [0.717, 1.165) is 0 Å². The number of rotatable bonds is 1. The average Bonchev–Trinajstić information content (AvgIpc) is 2.04. The van der Waals surface area contributed by atoms with Crippen LogP contribution in [0.4, 0.5) is 5.82 Å². The number of pyridine rings is 1. The first-order valence-corrected chi connectivity index (χ1v) is 4.16. The third-order valence-corrected chi connectivity index (χ3v) is 1.20. The van der Waals surface area contributed by atoms with Gasteiger partial charge in [-0.15, -0.1) is 0 Å². The van der Waals surface area contributed by atoms with Gasteiger partial charge in [-0.2, -0.15) is 4.99 Å². The van der Waals surface area contributed by atoms with E-state index >= 15 is 0 Å². The van der Waals surface area contributed by atoms with E-state index in [9.17, 15) is 0 Å². The molecule has 0 aliphatic carbocycles. The van der Waals surface area contributed by atoms with Crippen LogP contribution in [-0.2, 0) is 0 Å². The Kier molecular flexibility index (Phi) is 2.93. The first-order valence-electron chi connectivity index (χ1n) is 4.16. The van der Waals surface area contributed by atoms with Crippen molar-refractivity contribution >= 4 is 11.8 Å². The lowest BCUT2D eigenvalue weighted by atomic mass is 10.1. The fourth-order valence-corrected chi connectivity index (χ4v) is 0.646. The van der Waals surface area contributed by atoms with Crippen LogP contribution >= 0.6 is 0 Å². The van der Waals surface area contributed by atoms with Gasteiger partial charge in [-0.1, -0.05) is 6.07 Å². The zero-order valence-electron chi connectivity index (χ0n) is 8.15. The van der Waals surface area contributed by atoms with Crippen molar-refractivity contribution in [1.82, 2.24) is 4.98 Å². The molecule has 0 spiro atoms. The van der Waals surface area contributed by atoms with Crippen molar-refractivity contribution in [3.05, 3.63) is 24.4 Å². The van der Waals surface area contributed by atoms with Gasteiger partial charge < -0.3 is 0 Å². The average molecular weight is 175 g/mol. The van der Waals surface area contributed by atoms with E-state index in [1.807, 2.05) is 39.0 Å². The summed E-state index contributed by atoms with van der Waals surface area (Å²) in [6.45, 7) is 5.98. The molecule has 13 heavy (non-hydrogen) atoms. The molecular formula is C10H13N3. The van der Waals surface area contributed by atoms with E-state index < -0.39 is 0 Å². The molecule has 0 fully saturated rings. The van der Waals surface area contributed by atoms with E-state index in [1.165, 1.54) is 0 Å². The second-order valence-corrected chi connectivity index (χ2v) is 3.68. The Hall–Kier alpha value is -1.47. The van der Waals surface area contributed by atoms with Gasteiger partial charge >= 0.3 is 0 Å².